The lowest BCUT2D eigenvalue weighted by Gasteiger charge is -2.13. The predicted molar refractivity (Wildman–Crippen MR) is 79.0 cm³/mol. The van der Waals surface area contributed by atoms with Crippen molar-refractivity contribution in [2.24, 2.45) is 0 Å². The molecule has 3 nitrogen and oxygen atoms in total. The van der Waals surface area contributed by atoms with Crippen molar-refractivity contribution in [2.75, 3.05) is 11.1 Å². The predicted octanol–water partition coefficient (Wildman–Crippen LogP) is 3.35. The van der Waals surface area contributed by atoms with E-state index in [1.54, 1.807) is 6.07 Å². The molecule has 2 aromatic carbocycles. The molecule has 110 valence electrons. The van der Waals surface area contributed by atoms with Gasteiger partial charge in [-0.1, -0.05) is 12.1 Å². The van der Waals surface area contributed by atoms with Gasteiger partial charge in [0.1, 0.15) is 0 Å². The first-order chi connectivity index (χ1) is 9.88. The quantitative estimate of drug-likeness (QED) is 0.852. The second kappa shape index (κ2) is 5.91. The van der Waals surface area contributed by atoms with Gasteiger partial charge in [-0.25, -0.2) is 8.78 Å². The molecule has 0 radical (unpaired) electrons. The molecule has 0 spiro atoms. The van der Waals surface area contributed by atoms with Crippen LogP contribution in [0.2, 0.25) is 0 Å². The zero-order valence-electron chi connectivity index (χ0n) is 11.8. The van der Waals surface area contributed by atoms with E-state index in [2.05, 4.69) is 5.32 Å². The van der Waals surface area contributed by atoms with Crippen LogP contribution in [-0.4, -0.2) is 5.91 Å². The van der Waals surface area contributed by atoms with E-state index in [1.807, 2.05) is 19.9 Å². The van der Waals surface area contributed by atoms with Crippen molar-refractivity contribution in [2.45, 2.75) is 20.3 Å². The van der Waals surface area contributed by atoms with E-state index in [0.717, 1.165) is 23.3 Å². The Morgan fingerprint density at radius 1 is 1.14 bits per heavy atom. The number of nitrogens with two attached hydrogens (primary N) is 1. The van der Waals surface area contributed by atoms with Crippen molar-refractivity contribution in [1.29, 1.82) is 0 Å². The number of amides is 1. The van der Waals surface area contributed by atoms with E-state index in [-0.39, 0.29) is 12.3 Å². The number of halogens is 2. The Balaban J connectivity index is 2.15. The molecule has 0 atom stereocenters. The molecule has 1 amide bonds. The maximum absolute atomic E-state index is 13.1. The molecule has 0 heterocycles. The van der Waals surface area contributed by atoms with Crippen LogP contribution in [0.3, 0.4) is 0 Å². The lowest BCUT2D eigenvalue weighted by Crippen LogP contribution is -2.16. The van der Waals surface area contributed by atoms with Gasteiger partial charge in [0.2, 0.25) is 5.91 Å². The second-order valence-corrected chi connectivity index (χ2v) is 4.95. The number of nitrogen functional groups attached to an aromatic ring is 1. The molecular weight excluding hydrogens is 274 g/mol. The summed E-state index contributed by atoms with van der Waals surface area (Å²) in [5.41, 5.74) is 9.14. The Morgan fingerprint density at radius 3 is 2.52 bits per heavy atom. The summed E-state index contributed by atoms with van der Waals surface area (Å²) in [7, 11) is 0. The van der Waals surface area contributed by atoms with Crippen LogP contribution in [0.15, 0.2) is 30.3 Å². The molecule has 2 rings (SSSR count). The zero-order chi connectivity index (χ0) is 15.6. The highest BCUT2D eigenvalue weighted by molar-refractivity contribution is 5.94. The van der Waals surface area contributed by atoms with E-state index < -0.39 is 11.6 Å². The number of anilines is 2. The summed E-state index contributed by atoms with van der Waals surface area (Å²) in [6.45, 7) is 3.68. The minimum atomic E-state index is -0.961. The van der Waals surface area contributed by atoms with Crippen molar-refractivity contribution in [3.8, 4) is 0 Å². The third-order valence-corrected chi connectivity index (χ3v) is 3.33. The van der Waals surface area contributed by atoms with Gasteiger partial charge in [-0.2, -0.15) is 0 Å². The summed E-state index contributed by atoms with van der Waals surface area (Å²) in [5, 5.41) is 2.77. The minimum absolute atomic E-state index is 0.0368. The lowest BCUT2D eigenvalue weighted by atomic mass is 10.1. The molecule has 0 aliphatic carbocycles. The summed E-state index contributed by atoms with van der Waals surface area (Å²) >= 11 is 0. The second-order valence-electron chi connectivity index (χ2n) is 4.95. The highest BCUT2D eigenvalue weighted by Gasteiger charge is 2.11. The average Bonchev–Trinajstić information content (AvgIpc) is 2.43. The van der Waals surface area contributed by atoms with Crippen LogP contribution in [-0.2, 0) is 11.2 Å². The van der Waals surface area contributed by atoms with Gasteiger partial charge in [0.15, 0.2) is 11.6 Å². The van der Waals surface area contributed by atoms with Gasteiger partial charge < -0.3 is 11.1 Å². The Bertz CT molecular complexity index is 699. The van der Waals surface area contributed by atoms with Crippen molar-refractivity contribution >= 4 is 17.3 Å². The zero-order valence-corrected chi connectivity index (χ0v) is 11.8. The fourth-order valence-corrected chi connectivity index (χ4v) is 2.07. The van der Waals surface area contributed by atoms with Crippen LogP contribution in [0.5, 0.6) is 0 Å². The molecule has 0 aromatic heterocycles. The summed E-state index contributed by atoms with van der Waals surface area (Å²) < 4.78 is 26.0. The van der Waals surface area contributed by atoms with E-state index in [0.29, 0.717) is 16.9 Å². The van der Waals surface area contributed by atoms with Gasteiger partial charge in [-0.3, -0.25) is 4.79 Å². The van der Waals surface area contributed by atoms with E-state index in [4.69, 9.17) is 5.73 Å². The number of nitrogens with one attached hydrogen (secondary N) is 1. The van der Waals surface area contributed by atoms with Crippen LogP contribution >= 0.6 is 0 Å². The standard InChI is InChI=1S/C16H16F2N2O/c1-9-3-6-14(19)10(2)16(9)20-15(21)8-11-4-5-12(17)13(18)7-11/h3-7H,8,19H2,1-2H3,(H,20,21). The SMILES string of the molecule is Cc1ccc(N)c(C)c1NC(=O)Cc1ccc(F)c(F)c1. The van der Waals surface area contributed by atoms with Gasteiger partial charge >= 0.3 is 0 Å². The van der Waals surface area contributed by atoms with Gasteiger partial charge in [0, 0.05) is 11.4 Å². The maximum atomic E-state index is 13.1. The third kappa shape index (κ3) is 3.37. The molecule has 0 bridgehead atoms. The Kier molecular flexibility index (Phi) is 4.21. The Morgan fingerprint density at radius 2 is 1.86 bits per heavy atom. The van der Waals surface area contributed by atoms with Crippen molar-refractivity contribution in [1.82, 2.24) is 0 Å². The molecule has 2 aromatic rings. The molecule has 0 unspecified atom stereocenters. The maximum Gasteiger partial charge on any atom is 0.228 e. The lowest BCUT2D eigenvalue weighted by molar-refractivity contribution is -0.115. The summed E-state index contributed by atoms with van der Waals surface area (Å²) in [6, 6.07) is 7.01. The van der Waals surface area contributed by atoms with Gasteiger partial charge in [-0.05, 0) is 48.7 Å². The first kappa shape index (κ1) is 15.0. The first-order valence-electron chi connectivity index (χ1n) is 6.48. The van der Waals surface area contributed by atoms with Crippen LogP contribution in [0.1, 0.15) is 16.7 Å². The molecule has 5 heteroatoms. The van der Waals surface area contributed by atoms with Crippen molar-refractivity contribution < 1.29 is 13.6 Å². The van der Waals surface area contributed by atoms with Crippen LogP contribution in [0.4, 0.5) is 20.2 Å². The molecule has 21 heavy (non-hydrogen) atoms. The van der Waals surface area contributed by atoms with E-state index >= 15 is 0 Å². The number of carbonyl (C=O) groups excluding carboxylic acids is 1. The topological polar surface area (TPSA) is 55.1 Å². The molecule has 0 aliphatic heterocycles. The number of aryl methyl sites for hydroxylation is 1. The van der Waals surface area contributed by atoms with Crippen LogP contribution < -0.4 is 11.1 Å². The van der Waals surface area contributed by atoms with E-state index in [9.17, 15) is 13.6 Å². The fourth-order valence-electron chi connectivity index (χ4n) is 2.07. The Hall–Kier alpha value is -2.43. The molecule has 0 fully saturated rings. The normalized spacial score (nSPS) is 10.5. The fraction of sp³-hybridized carbons (Fsp3) is 0.188. The number of benzene rings is 2. The Labute approximate surface area is 121 Å². The minimum Gasteiger partial charge on any atom is -0.398 e. The molecule has 0 saturated heterocycles. The van der Waals surface area contributed by atoms with Gasteiger partial charge in [0.05, 0.1) is 6.42 Å². The molecule has 0 aliphatic rings. The number of hydrogen-bond donors (Lipinski definition) is 2. The van der Waals surface area contributed by atoms with Crippen molar-refractivity contribution in [3.05, 3.63) is 58.7 Å². The average molecular weight is 290 g/mol. The largest absolute Gasteiger partial charge is 0.398 e. The van der Waals surface area contributed by atoms with Gasteiger partial charge in [-0.15, -0.1) is 0 Å². The summed E-state index contributed by atoms with van der Waals surface area (Å²) in [5.74, 6) is -2.20. The first-order valence-corrected chi connectivity index (χ1v) is 6.48. The molecular formula is C16H16F2N2O. The number of hydrogen-bond acceptors (Lipinski definition) is 2. The summed E-state index contributed by atoms with van der Waals surface area (Å²) in [6.07, 6.45) is -0.0368. The van der Waals surface area contributed by atoms with E-state index in [1.165, 1.54) is 6.07 Å². The highest BCUT2D eigenvalue weighted by Crippen LogP contribution is 2.25. The van der Waals surface area contributed by atoms with Crippen LogP contribution in [0.25, 0.3) is 0 Å². The highest BCUT2D eigenvalue weighted by atomic mass is 19.2. The number of carbonyl (C=O) groups is 1. The smallest absolute Gasteiger partial charge is 0.228 e. The molecule has 3 N–H and O–H groups in total. The summed E-state index contributed by atoms with van der Waals surface area (Å²) in [4.78, 5) is 12.0. The van der Waals surface area contributed by atoms with Crippen LogP contribution in [0, 0.1) is 25.5 Å². The monoisotopic (exact) mass is 290 g/mol. The third-order valence-electron chi connectivity index (χ3n) is 3.33. The van der Waals surface area contributed by atoms with Gasteiger partial charge in [0.25, 0.3) is 0 Å². The number of rotatable bonds is 3. The molecule has 0 saturated carbocycles. The van der Waals surface area contributed by atoms with Crippen molar-refractivity contribution in [3.63, 3.8) is 0 Å².